The lowest BCUT2D eigenvalue weighted by atomic mass is 9.98. The van der Waals surface area contributed by atoms with Crippen LogP contribution in [0, 0.1) is 10.1 Å². The molecule has 1 aliphatic carbocycles. The molecule has 0 radical (unpaired) electrons. The van der Waals surface area contributed by atoms with Crippen molar-refractivity contribution in [1.82, 2.24) is 0 Å². The predicted molar refractivity (Wildman–Crippen MR) is 69.8 cm³/mol. The molecule has 0 saturated heterocycles. The van der Waals surface area contributed by atoms with Gasteiger partial charge in [-0.15, -0.1) is 0 Å². The molecule has 0 N–H and O–H groups in total. The first kappa shape index (κ1) is 13.5. The van der Waals surface area contributed by atoms with E-state index in [9.17, 15) is 14.9 Å². The van der Waals surface area contributed by atoms with E-state index in [1.807, 2.05) is 0 Å². The van der Waals surface area contributed by atoms with Gasteiger partial charge < -0.3 is 4.74 Å². The Bertz CT molecular complexity index is 466. The fourth-order valence-corrected chi connectivity index (χ4v) is 2.40. The Hall–Kier alpha value is -1.91. The van der Waals surface area contributed by atoms with E-state index in [1.54, 1.807) is 18.2 Å². The van der Waals surface area contributed by atoms with Gasteiger partial charge in [-0.1, -0.05) is 24.6 Å². The topological polar surface area (TPSA) is 69.4 Å². The Morgan fingerprint density at radius 3 is 2.63 bits per heavy atom. The molecule has 1 fully saturated rings. The molecule has 5 nitrogen and oxygen atoms in total. The van der Waals surface area contributed by atoms with Gasteiger partial charge in [0.25, 0.3) is 5.69 Å². The van der Waals surface area contributed by atoms with E-state index < -0.39 is 4.92 Å². The second kappa shape index (κ2) is 6.31. The number of benzene rings is 1. The average Bonchev–Trinajstić information content (AvgIpc) is 2.40. The summed E-state index contributed by atoms with van der Waals surface area (Å²) < 4.78 is 5.37. The average molecular weight is 263 g/mol. The van der Waals surface area contributed by atoms with E-state index in [0.717, 1.165) is 25.7 Å². The molecule has 0 heterocycles. The van der Waals surface area contributed by atoms with Crippen molar-refractivity contribution in [2.75, 3.05) is 0 Å². The zero-order valence-corrected chi connectivity index (χ0v) is 10.7. The Balaban J connectivity index is 1.96. The highest BCUT2D eigenvalue weighted by Gasteiger charge is 2.20. The first-order valence-corrected chi connectivity index (χ1v) is 6.58. The van der Waals surface area contributed by atoms with E-state index in [1.165, 1.54) is 12.5 Å². The highest BCUT2D eigenvalue weighted by molar-refractivity contribution is 5.74. The molecule has 2 rings (SSSR count). The molecule has 1 aliphatic rings. The number of nitro benzene ring substituents is 1. The summed E-state index contributed by atoms with van der Waals surface area (Å²) in [6.07, 6.45) is 5.13. The van der Waals surface area contributed by atoms with Crippen molar-refractivity contribution in [3.05, 3.63) is 39.9 Å². The Morgan fingerprint density at radius 2 is 1.95 bits per heavy atom. The largest absolute Gasteiger partial charge is 0.462 e. The third kappa shape index (κ3) is 3.77. The molecule has 0 aliphatic heterocycles. The molecule has 0 bridgehead atoms. The van der Waals surface area contributed by atoms with Gasteiger partial charge in [-0.25, -0.2) is 0 Å². The maximum atomic E-state index is 11.8. The van der Waals surface area contributed by atoms with Crippen molar-refractivity contribution in [3.8, 4) is 0 Å². The minimum absolute atomic E-state index is 0.0102. The highest BCUT2D eigenvalue weighted by atomic mass is 16.6. The van der Waals surface area contributed by atoms with Crippen LogP contribution in [0.1, 0.15) is 37.7 Å². The standard InChI is InChI=1S/C14H17NO4/c16-14(19-12-7-2-1-3-8-12)10-11-6-4-5-9-13(11)15(17)18/h4-6,9,12H,1-3,7-8,10H2. The molecule has 1 aromatic carbocycles. The van der Waals surface area contributed by atoms with Gasteiger partial charge >= 0.3 is 5.97 Å². The van der Waals surface area contributed by atoms with Crippen molar-refractivity contribution >= 4 is 11.7 Å². The summed E-state index contributed by atoms with van der Waals surface area (Å²) in [5, 5.41) is 10.8. The van der Waals surface area contributed by atoms with Gasteiger partial charge in [0.2, 0.25) is 0 Å². The van der Waals surface area contributed by atoms with Gasteiger partial charge in [-0.3, -0.25) is 14.9 Å². The number of nitro groups is 1. The van der Waals surface area contributed by atoms with E-state index in [4.69, 9.17) is 4.74 Å². The van der Waals surface area contributed by atoms with Gasteiger partial charge in [0.1, 0.15) is 6.10 Å². The zero-order chi connectivity index (χ0) is 13.7. The summed E-state index contributed by atoms with van der Waals surface area (Å²) in [4.78, 5) is 22.2. The first-order valence-electron chi connectivity index (χ1n) is 6.58. The predicted octanol–water partition coefficient (Wildman–Crippen LogP) is 3.01. The van der Waals surface area contributed by atoms with Crippen LogP contribution in [0.15, 0.2) is 24.3 Å². The molecule has 0 unspecified atom stereocenters. The van der Waals surface area contributed by atoms with Crippen molar-refractivity contribution in [1.29, 1.82) is 0 Å². The van der Waals surface area contributed by atoms with Crippen LogP contribution >= 0.6 is 0 Å². The smallest absolute Gasteiger partial charge is 0.310 e. The SMILES string of the molecule is O=C(Cc1ccccc1[N+](=O)[O-])OC1CCCCC1. The number of rotatable bonds is 4. The van der Waals surface area contributed by atoms with E-state index >= 15 is 0 Å². The number of hydrogen-bond acceptors (Lipinski definition) is 4. The van der Waals surface area contributed by atoms with Gasteiger partial charge in [0.15, 0.2) is 0 Å². The highest BCUT2D eigenvalue weighted by Crippen LogP contribution is 2.22. The normalized spacial score (nSPS) is 16.0. The van der Waals surface area contributed by atoms with Crippen LogP contribution in [0.2, 0.25) is 0 Å². The van der Waals surface area contributed by atoms with Crippen molar-refractivity contribution < 1.29 is 14.5 Å². The second-order valence-electron chi connectivity index (χ2n) is 4.81. The van der Waals surface area contributed by atoms with Crippen LogP contribution in [-0.4, -0.2) is 17.0 Å². The summed E-state index contributed by atoms with van der Waals surface area (Å²) in [5.41, 5.74) is 0.386. The van der Waals surface area contributed by atoms with Gasteiger partial charge in [-0.2, -0.15) is 0 Å². The second-order valence-corrected chi connectivity index (χ2v) is 4.81. The maximum absolute atomic E-state index is 11.8. The van der Waals surface area contributed by atoms with Crippen LogP contribution in [-0.2, 0) is 16.0 Å². The molecule has 5 heteroatoms. The number of esters is 1. The number of hydrogen-bond donors (Lipinski definition) is 0. The third-order valence-corrected chi connectivity index (χ3v) is 3.37. The van der Waals surface area contributed by atoms with E-state index in [0.29, 0.717) is 5.56 Å². The molecule has 102 valence electrons. The molecule has 1 saturated carbocycles. The molecule has 0 aromatic heterocycles. The number of carbonyl (C=O) groups excluding carboxylic acids is 1. The lowest BCUT2D eigenvalue weighted by Crippen LogP contribution is -2.22. The zero-order valence-electron chi connectivity index (χ0n) is 10.7. The van der Waals surface area contributed by atoms with Crippen LogP contribution in [0.25, 0.3) is 0 Å². The molecule has 0 atom stereocenters. The van der Waals surface area contributed by atoms with Crippen LogP contribution < -0.4 is 0 Å². The lowest BCUT2D eigenvalue weighted by Gasteiger charge is -2.21. The number of nitrogens with zero attached hydrogens (tertiary/aromatic N) is 1. The summed E-state index contributed by atoms with van der Waals surface area (Å²) in [5.74, 6) is -0.374. The number of para-hydroxylation sites is 1. The quantitative estimate of drug-likeness (QED) is 0.475. The maximum Gasteiger partial charge on any atom is 0.310 e. The minimum Gasteiger partial charge on any atom is -0.462 e. The lowest BCUT2D eigenvalue weighted by molar-refractivity contribution is -0.385. The molecule has 19 heavy (non-hydrogen) atoms. The fourth-order valence-electron chi connectivity index (χ4n) is 2.40. The summed E-state index contributed by atoms with van der Waals surface area (Å²) in [6.45, 7) is 0. The third-order valence-electron chi connectivity index (χ3n) is 3.37. The van der Waals surface area contributed by atoms with Crippen LogP contribution in [0.3, 0.4) is 0 Å². The molecule has 0 amide bonds. The van der Waals surface area contributed by atoms with Crippen LogP contribution in [0.4, 0.5) is 5.69 Å². The van der Waals surface area contributed by atoms with Crippen molar-refractivity contribution in [2.45, 2.75) is 44.6 Å². The Kier molecular flexibility index (Phi) is 4.49. The molecule has 0 spiro atoms. The number of carbonyl (C=O) groups is 1. The van der Waals surface area contributed by atoms with Crippen molar-refractivity contribution in [3.63, 3.8) is 0 Å². The number of ether oxygens (including phenoxy) is 1. The van der Waals surface area contributed by atoms with Crippen molar-refractivity contribution in [2.24, 2.45) is 0 Å². The van der Waals surface area contributed by atoms with E-state index in [-0.39, 0.29) is 24.2 Å². The summed E-state index contributed by atoms with van der Waals surface area (Å²) in [6, 6.07) is 6.29. The minimum atomic E-state index is -0.469. The summed E-state index contributed by atoms with van der Waals surface area (Å²) in [7, 11) is 0. The molecular formula is C14H17NO4. The monoisotopic (exact) mass is 263 g/mol. The fraction of sp³-hybridized carbons (Fsp3) is 0.500. The van der Waals surface area contributed by atoms with Crippen LogP contribution in [0.5, 0.6) is 0 Å². The Labute approximate surface area is 111 Å². The Morgan fingerprint density at radius 1 is 1.26 bits per heavy atom. The molecular weight excluding hydrogens is 246 g/mol. The van der Waals surface area contributed by atoms with Gasteiger partial charge in [0, 0.05) is 11.6 Å². The van der Waals surface area contributed by atoms with Gasteiger partial charge in [0.05, 0.1) is 11.3 Å². The summed E-state index contributed by atoms with van der Waals surface area (Å²) >= 11 is 0. The van der Waals surface area contributed by atoms with E-state index in [2.05, 4.69) is 0 Å². The first-order chi connectivity index (χ1) is 9.16. The molecule has 1 aromatic rings. The van der Waals surface area contributed by atoms with Gasteiger partial charge in [-0.05, 0) is 25.7 Å².